The molecule has 0 bridgehead atoms. The number of imidazole rings is 1. The van der Waals surface area contributed by atoms with E-state index in [0.29, 0.717) is 5.65 Å². The molecule has 1 N–H and O–H groups in total. The van der Waals surface area contributed by atoms with Gasteiger partial charge in [-0.15, -0.1) is 0 Å². The van der Waals surface area contributed by atoms with E-state index in [4.69, 9.17) is 5.11 Å². The Hall–Kier alpha value is -2.08. The Labute approximate surface area is 117 Å². The lowest BCUT2D eigenvalue weighted by Crippen LogP contribution is -2.44. The van der Waals surface area contributed by atoms with Crippen molar-refractivity contribution in [1.82, 2.24) is 14.3 Å². The van der Waals surface area contributed by atoms with Crippen LogP contribution in [-0.4, -0.2) is 58.6 Å². The molecule has 1 fully saturated rings. The van der Waals surface area contributed by atoms with Crippen LogP contribution in [0.15, 0.2) is 18.5 Å². The first-order chi connectivity index (χ1) is 9.54. The Balaban J connectivity index is 1.98. The summed E-state index contributed by atoms with van der Waals surface area (Å²) in [6.45, 7) is 6.03. The average Bonchev–Trinajstić information content (AvgIpc) is 2.84. The fourth-order valence-corrected chi connectivity index (χ4v) is 2.59. The number of carboxylic acid groups (broad SMARTS) is 1. The molecule has 0 radical (unpaired) electrons. The summed E-state index contributed by atoms with van der Waals surface area (Å²) in [6, 6.07) is 2.08. The summed E-state index contributed by atoms with van der Waals surface area (Å²) in [7, 11) is 2.13. The summed E-state index contributed by atoms with van der Waals surface area (Å²) in [5.74, 6) is -0.991. The van der Waals surface area contributed by atoms with Crippen LogP contribution in [0.25, 0.3) is 5.65 Å². The van der Waals surface area contributed by atoms with Gasteiger partial charge in [-0.3, -0.25) is 0 Å². The summed E-state index contributed by atoms with van der Waals surface area (Å²) in [5.41, 5.74) is 2.91. The third-order valence-electron chi connectivity index (χ3n) is 3.81. The summed E-state index contributed by atoms with van der Waals surface area (Å²) in [6.07, 6.45) is 3.54. The Bertz CT molecular complexity index is 656. The van der Waals surface area contributed by atoms with E-state index in [1.807, 2.05) is 17.5 Å². The Morgan fingerprint density at radius 1 is 1.25 bits per heavy atom. The third-order valence-corrected chi connectivity index (χ3v) is 3.81. The predicted octanol–water partition coefficient (Wildman–Crippen LogP) is 1.09. The number of likely N-dealkylation sites (N-methyl/N-ethyl adjacent to an activating group) is 1. The molecule has 0 saturated carbocycles. The van der Waals surface area contributed by atoms with Crippen LogP contribution in [0.2, 0.25) is 0 Å². The van der Waals surface area contributed by atoms with Crippen LogP contribution in [0.5, 0.6) is 0 Å². The zero-order valence-electron chi connectivity index (χ0n) is 11.7. The number of hydrogen-bond donors (Lipinski definition) is 1. The lowest BCUT2D eigenvalue weighted by Gasteiger charge is -2.34. The third kappa shape index (κ3) is 2.22. The molecule has 0 unspecified atom stereocenters. The SMILES string of the molecule is Cc1cc(N2CCN(C)CC2)cn2cc(C(=O)O)nc12. The monoisotopic (exact) mass is 274 g/mol. The maximum Gasteiger partial charge on any atom is 0.356 e. The molecule has 1 aliphatic heterocycles. The number of fused-ring (bicyclic) bond motifs is 1. The maximum atomic E-state index is 11.0. The first-order valence-electron chi connectivity index (χ1n) is 6.71. The van der Waals surface area contributed by atoms with Gasteiger partial charge < -0.3 is 19.3 Å². The molecule has 20 heavy (non-hydrogen) atoms. The minimum Gasteiger partial charge on any atom is -0.476 e. The second-order valence-electron chi connectivity index (χ2n) is 5.33. The first-order valence-corrected chi connectivity index (χ1v) is 6.71. The molecule has 3 heterocycles. The summed E-state index contributed by atoms with van der Waals surface area (Å²) < 4.78 is 1.81. The van der Waals surface area contributed by atoms with Crippen molar-refractivity contribution < 1.29 is 9.90 Å². The van der Waals surface area contributed by atoms with Gasteiger partial charge in [-0.05, 0) is 25.6 Å². The topological polar surface area (TPSA) is 61.1 Å². The smallest absolute Gasteiger partial charge is 0.356 e. The van der Waals surface area contributed by atoms with Crippen molar-refractivity contribution >= 4 is 17.3 Å². The van der Waals surface area contributed by atoms with Crippen molar-refractivity contribution in [2.75, 3.05) is 38.1 Å². The molecular weight excluding hydrogens is 256 g/mol. The zero-order valence-corrected chi connectivity index (χ0v) is 11.7. The highest BCUT2D eigenvalue weighted by Crippen LogP contribution is 2.21. The van der Waals surface area contributed by atoms with Gasteiger partial charge in [0.25, 0.3) is 0 Å². The number of aromatic nitrogens is 2. The van der Waals surface area contributed by atoms with Gasteiger partial charge in [0.15, 0.2) is 5.69 Å². The summed E-state index contributed by atoms with van der Waals surface area (Å²) in [5, 5.41) is 9.03. The lowest BCUT2D eigenvalue weighted by atomic mass is 10.2. The second-order valence-corrected chi connectivity index (χ2v) is 5.33. The number of hydrogen-bond acceptors (Lipinski definition) is 4. The molecule has 6 nitrogen and oxygen atoms in total. The van der Waals surface area contributed by atoms with Gasteiger partial charge in [0.1, 0.15) is 5.65 Å². The van der Waals surface area contributed by atoms with Crippen molar-refractivity contribution in [3.8, 4) is 0 Å². The number of piperazine rings is 1. The number of rotatable bonds is 2. The predicted molar refractivity (Wildman–Crippen MR) is 76.6 cm³/mol. The highest BCUT2D eigenvalue weighted by Gasteiger charge is 2.17. The highest BCUT2D eigenvalue weighted by molar-refractivity contribution is 5.86. The van der Waals surface area contributed by atoms with E-state index in [0.717, 1.165) is 37.4 Å². The Morgan fingerprint density at radius 3 is 2.60 bits per heavy atom. The highest BCUT2D eigenvalue weighted by atomic mass is 16.4. The summed E-state index contributed by atoms with van der Waals surface area (Å²) >= 11 is 0. The zero-order chi connectivity index (χ0) is 14.3. The average molecular weight is 274 g/mol. The van der Waals surface area contributed by atoms with Crippen molar-refractivity contribution in [1.29, 1.82) is 0 Å². The van der Waals surface area contributed by atoms with Gasteiger partial charge in [0.05, 0.1) is 5.69 Å². The largest absolute Gasteiger partial charge is 0.476 e. The first kappa shape index (κ1) is 12.9. The van der Waals surface area contributed by atoms with E-state index in [1.165, 1.54) is 0 Å². The van der Waals surface area contributed by atoms with Crippen molar-refractivity contribution in [2.24, 2.45) is 0 Å². The number of pyridine rings is 1. The van der Waals surface area contributed by atoms with E-state index < -0.39 is 5.97 Å². The van der Waals surface area contributed by atoms with E-state index in [2.05, 4.69) is 27.9 Å². The molecule has 0 atom stereocenters. The quantitative estimate of drug-likeness (QED) is 0.888. The van der Waals surface area contributed by atoms with Crippen LogP contribution in [0.1, 0.15) is 16.1 Å². The minimum atomic E-state index is -0.991. The molecule has 3 rings (SSSR count). The van der Waals surface area contributed by atoms with Gasteiger partial charge in [-0.25, -0.2) is 9.78 Å². The number of nitrogens with zero attached hydrogens (tertiary/aromatic N) is 4. The van der Waals surface area contributed by atoms with E-state index in [9.17, 15) is 4.79 Å². The van der Waals surface area contributed by atoms with Gasteiger partial charge in [-0.2, -0.15) is 0 Å². The normalized spacial score (nSPS) is 16.8. The van der Waals surface area contributed by atoms with Crippen molar-refractivity contribution in [2.45, 2.75) is 6.92 Å². The van der Waals surface area contributed by atoms with Gasteiger partial charge >= 0.3 is 5.97 Å². The Kier molecular flexibility index (Phi) is 3.10. The number of carbonyl (C=O) groups is 1. The van der Waals surface area contributed by atoms with Gasteiger partial charge in [0.2, 0.25) is 0 Å². The number of anilines is 1. The second kappa shape index (κ2) is 4.79. The number of aryl methyl sites for hydroxylation is 1. The Morgan fingerprint density at radius 2 is 1.95 bits per heavy atom. The van der Waals surface area contributed by atoms with Crippen LogP contribution in [0.4, 0.5) is 5.69 Å². The molecule has 1 aliphatic rings. The molecule has 0 amide bonds. The minimum absolute atomic E-state index is 0.0867. The van der Waals surface area contributed by atoms with Crippen molar-refractivity contribution in [3.63, 3.8) is 0 Å². The van der Waals surface area contributed by atoms with Crippen LogP contribution in [0.3, 0.4) is 0 Å². The van der Waals surface area contributed by atoms with Crippen LogP contribution in [-0.2, 0) is 0 Å². The standard InChI is InChI=1S/C14H18N4O2/c1-10-7-11(17-5-3-16(2)4-6-17)8-18-9-12(14(19)20)15-13(10)18/h7-9H,3-6H2,1-2H3,(H,19,20). The van der Waals surface area contributed by atoms with Crippen LogP contribution >= 0.6 is 0 Å². The molecule has 0 spiro atoms. The fourth-order valence-electron chi connectivity index (χ4n) is 2.59. The molecular formula is C14H18N4O2. The number of aromatic carboxylic acids is 1. The molecule has 2 aromatic heterocycles. The maximum absolute atomic E-state index is 11.0. The van der Waals surface area contributed by atoms with Crippen LogP contribution < -0.4 is 4.90 Å². The van der Waals surface area contributed by atoms with Crippen LogP contribution in [0, 0.1) is 6.92 Å². The van der Waals surface area contributed by atoms with Crippen molar-refractivity contribution in [3.05, 3.63) is 29.7 Å². The molecule has 1 saturated heterocycles. The number of carboxylic acids is 1. The molecule has 0 aromatic carbocycles. The summed E-state index contributed by atoms with van der Waals surface area (Å²) in [4.78, 5) is 19.8. The molecule has 2 aromatic rings. The van der Waals surface area contributed by atoms with Gasteiger partial charge in [-0.1, -0.05) is 0 Å². The van der Waals surface area contributed by atoms with E-state index >= 15 is 0 Å². The fraction of sp³-hybridized carbons (Fsp3) is 0.429. The van der Waals surface area contributed by atoms with E-state index in [1.54, 1.807) is 6.20 Å². The molecule has 106 valence electrons. The molecule has 6 heteroatoms. The molecule has 0 aliphatic carbocycles. The van der Waals surface area contributed by atoms with E-state index in [-0.39, 0.29) is 5.69 Å². The lowest BCUT2D eigenvalue weighted by molar-refractivity contribution is 0.0691. The van der Waals surface area contributed by atoms with Gasteiger partial charge in [0, 0.05) is 38.6 Å².